The van der Waals surface area contributed by atoms with Crippen molar-refractivity contribution in [1.82, 2.24) is 0 Å². The van der Waals surface area contributed by atoms with E-state index in [4.69, 9.17) is 4.79 Å². The van der Waals surface area contributed by atoms with E-state index in [-0.39, 0.29) is 36.0 Å². The second kappa shape index (κ2) is 8.83. The van der Waals surface area contributed by atoms with Gasteiger partial charge in [0.2, 0.25) is 0 Å². The molecule has 0 saturated heterocycles. The number of carbonyl (C=O) groups is 1. The summed E-state index contributed by atoms with van der Waals surface area (Å²) < 4.78 is 3.33. The van der Waals surface area contributed by atoms with Crippen molar-refractivity contribution >= 4 is 47.9 Å². The van der Waals surface area contributed by atoms with Crippen LogP contribution in [0.4, 0.5) is 0 Å². The zero-order valence-electron chi connectivity index (χ0n) is 1.77. The fraction of sp³-hybridized carbons (Fsp3) is 0. The van der Waals surface area contributed by atoms with Gasteiger partial charge >= 0.3 is 36.0 Å². The SMILES string of the molecule is O=COCl.[NaH]. The fourth-order valence-electron chi connectivity index (χ4n) is 0. The van der Waals surface area contributed by atoms with Crippen molar-refractivity contribution in [3.8, 4) is 0 Å². The third-order valence-electron chi connectivity index (χ3n) is 0.0364. The average molecular weight is 104 g/mol. The molecule has 0 aromatic rings. The Kier molecular flexibility index (Phi) is 16.3. The maximum absolute atomic E-state index is 8.82. The van der Waals surface area contributed by atoms with Crippen LogP contribution in [-0.4, -0.2) is 36.0 Å². The molecule has 0 aliphatic carbocycles. The summed E-state index contributed by atoms with van der Waals surface area (Å²) in [6.07, 6.45) is 0. The Morgan fingerprint density at radius 1 is 1.80 bits per heavy atom. The molecular formula is CH2ClNaO2. The Bertz CT molecular complexity index is 23.6. The summed E-state index contributed by atoms with van der Waals surface area (Å²) in [6, 6.07) is 0. The van der Waals surface area contributed by atoms with Gasteiger partial charge in [-0.1, -0.05) is 0 Å². The van der Waals surface area contributed by atoms with Gasteiger partial charge in [0.25, 0.3) is 0 Å². The summed E-state index contributed by atoms with van der Waals surface area (Å²) in [6.45, 7) is 0.140. The van der Waals surface area contributed by atoms with E-state index in [1.807, 2.05) is 0 Å². The average Bonchev–Trinajstić information content (AvgIpc) is 1.37. The van der Waals surface area contributed by atoms with Crippen molar-refractivity contribution in [2.45, 2.75) is 0 Å². The molecule has 0 radical (unpaired) electrons. The van der Waals surface area contributed by atoms with Crippen molar-refractivity contribution in [3.63, 3.8) is 0 Å². The van der Waals surface area contributed by atoms with Gasteiger partial charge in [0.15, 0.2) is 0 Å². The summed E-state index contributed by atoms with van der Waals surface area (Å²) in [5.41, 5.74) is 0. The molecule has 2 nitrogen and oxygen atoms in total. The molecule has 0 spiro atoms. The van der Waals surface area contributed by atoms with E-state index in [2.05, 4.69) is 16.2 Å². The minimum absolute atomic E-state index is 0. The Labute approximate surface area is 56.9 Å². The molecule has 0 fully saturated rings. The van der Waals surface area contributed by atoms with Crippen LogP contribution in [0.15, 0.2) is 0 Å². The maximum atomic E-state index is 8.82. The van der Waals surface area contributed by atoms with Gasteiger partial charge in [-0.25, -0.2) is 0 Å². The first-order valence-electron chi connectivity index (χ1n) is 0.626. The first-order chi connectivity index (χ1) is 1.91. The molecule has 0 saturated carbocycles. The van der Waals surface area contributed by atoms with Crippen molar-refractivity contribution < 1.29 is 9.08 Å². The first kappa shape index (κ1) is 9.23. The molecule has 0 heterocycles. The molecule has 0 rings (SSSR count). The topological polar surface area (TPSA) is 26.3 Å². The van der Waals surface area contributed by atoms with Crippen molar-refractivity contribution in [3.05, 3.63) is 0 Å². The van der Waals surface area contributed by atoms with Crippen LogP contribution in [0, 0.1) is 0 Å². The van der Waals surface area contributed by atoms with Crippen molar-refractivity contribution in [2.24, 2.45) is 0 Å². The predicted octanol–water partition coefficient (Wildman–Crippen LogP) is -0.335. The van der Waals surface area contributed by atoms with Gasteiger partial charge in [0.05, 0.1) is 0 Å². The molecule has 0 aliphatic heterocycles. The molecular weight excluding hydrogens is 102 g/mol. The van der Waals surface area contributed by atoms with Gasteiger partial charge in [-0.05, 0) is 0 Å². The third kappa shape index (κ3) is 11.7. The summed E-state index contributed by atoms with van der Waals surface area (Å²) in [4.78, 5) is 8.82. The first-order valence-corrected chi connectivity index (χ1v) is 0.934. The second-order valence-electron chi connectivity index (χ2n) is 0.185. The van der Waals surface area contributed by atoms with Crippen LogP contribution >= 0.6 is 11.9 Å². The zero-order valence-corrected chi connectivity index (χ0v) is 2.53. The van der Waals surface area contributed by atoms with E-state index < -0.39 is 0 Å². The van der Waals surface area contributed by atoms with Gasteiger partial charge < -0.3 is 4.29 Å². The number of halogens is 1. The molecule has 0 aromatic carbocycles. The van der Waals surface area contributed by atoms with Gasteiger partial charge in [0.1, 0.15) is 11.9 Å². The third-order valence-corrected chi connectivity index (χ3v) is 0.109. The van der Waals surface area contributed by atoms with Gasteiger partial charge in [-0.2, -0.15) is 0 Å². The molecule has 0 bridgehead atoms. The van der Waals surface area contributed by atoms with Gasteiger partial charge in [-0.3, -0.25) is 4.79 Å². The number of carbonyl (C=O) groups excluding carboxylic acids is 1. The Morgan fingerprint density at radius 3 is 2.00 bits per heavy atom. The molecule has 0 aliphatic rings. The van der Waals surface area contributed by atoms with E-state index in [1.165, 1.54) is 0 Å². The van der Waals surface area contributed by atoms with Crippen LogP contribution in [0.3, 0.4) is 0 Å². The summed E-state index contributed by atoms with van der Waals surface area (Å²) in [5.74, 6) is 0. The van der Waals surface area contributed by atoms with E-state index in [9.17, 15) is 0 Å². The van der Waals surface area contributed by atoms with Crippen LogP contribution in [-0.2, 0) is 9.08 Å². The molecule has 26 valence electrons. The molecule has 0 N–H and O–H groups in total. The molecule has 5 heavy (non-hydrogen) atoms. The van der Waals surface area contributed by atoms with Gasteiger partial charge in [-0.15, -0.1) is 0 Å². The number of hydrogen-bond acceptors (Lipinski definition) is 2. The minimum atomic E-state index is 0. The Morgan fingerprint density at radius 2 is 2.00 bits per heavy atom. The predicted molar refractivity (Wildman–Crippen MR) is 20.2 cm³/mol. The van der Waals surface area contributed by atoms with E-state index in [0.717, 1.165) is 0 Å². The number of rotatable bonds is 1. The van der Waals surface area contributed by atoms with E-state index in [0.29, 0.717) is 0 Å². The Hall–Kier alpha value is 0.760. The standard InChI is InChI=1S/CHClO2.Na.H/c2-4-1-3;;/h1H;;. The molecule has 0 unspecified atom stereocenters. The molecule has 0 aromatic heterocycles. The molecule has 4 heteroatoms. The number of hydrogen-bond donors (Lipinski definition) is 0. The molecule has 0 atom stereocenters. The van der Waals surface area contributed by atoms with Crippen molar-refractivity contribution in [2.75, 3.05) is 0 Å². The van der Waals surface area contributed by atoms with Crippen LogP contribution < -0.4 is 0 Å². The zero-order chi connectivity index (χ0) is 3.41. The van der Waals surface area contributed by atoms with Crippen molar-refractivity contribution in [1.29, 1.82) is 0 Å². The Balaban J connectivity index is 0. The van der Waals surface area contributed by atoms with Gasteiger partial charge in [0, 0.05) is 0 Å². The van der Waals surface area contributed by atoms with E-state index in [1.54, 1.807) is 0 Å². The van der Waals surface area contributed by atoms with E-state index >= 15 is 0 Å². The quantitative estimate of drug-likeness (QED) is 0.336. The van der Waals surface area contributed by atoms with Crippen LogP contribution in [0.25, 0.3) is 0 Å². The van der Waals surface area contributed by atoms with Crippen LogP contribution in [0.1, 0.15) is 0 Å². The summed E-state index contributed by atoms with van der Waals surface area (Å²) in [7, 11) is 0. The molecule has 0 amide bonds. The summed E-state index contributed by atoms with van der Waals surface area (Å²) in [5, 5.41) is 0. The van der Waals surface area contributed by atoms with Crippen LogP contribution in [0.5, 0.6) is 0 Å². The second-order valence-corrected chi connectivity index (χ2v) is 0.363. The summed E-state index contributed by atoms with van der Waals surface area (Å²) >= 11 is 4.32. The van der Waals surface area contributed by atoms with Crippen LogP contribution in [0.2, 0.25) is 0 Å². The monoisotopic (exact) mass is 104 g/mol. The fourth-order valence-corrected chi connectivity index (χ4v) is 0. The normalized spacial score (nSPS) is 4.20.